The van der Waals surface area contributed by atoms with Crippen LogP contribution in [0.15, 0.2) is 18.2 Å². The number of carbonyl (C=O) groups is 2. The lowest BCUT2D eigenvalue weighted by Crippen LogP contribution is -2.39. The van der Waals surface area contributed by atoms with E-state index in [0.29, 0.717) is 31.1 Å². The molecule has 1 unspecified atom stereocenters. The molecule has 0 spiro atoms. The van der Waals surface area contributed by atoms with Crippen molar-refractivity contribution in [2.75, 3.05) is 34.0 Å². The Bertz CT molecular complexity index is 545. The number of carboxylic acid groups (broad SMARTS) is 1. The predicted molar refractivity (Wildman–Crippen MR) is 81.5 cm³/mol. The number of ether oxygens (including phenoxy) is 3. The average Bonchev–Trinajstić information content (AvgIpc) is 3.07. The van der Waals surface area contributed by atoms with Gasteiger partial charge < -0.3 is 24.2 Å². The van der Waals surface area contributed by atoms with Gasteiger partial charge in [-0.3, -0.25) is 9.59 Å². The number of amides is 1. The van der Waals surface area contributed by atoms with Crippen molar-refractivity contribution in [1.29, 1.82) is 0 Å². The topological polar surface area (TPSA) is 85.3 Å². The molecule has 0 bridgehead atoms. The summed E-state index contributed by atoms with van der Waals surface area (Å²) in [6, 6.07) is 5.24. The molecule has 2 rings (SSSR count). The fraction of sp³-hybridized carbons (Fsp3) is 0.500. The largest absolute Gasteiger partial charge is 0.497 e. The Morgan fingerprint density at radius 3 is 2.39 bits per heavy atom. The Kier molecular flexibility index (Phi) is 5.81. The molecule has 1 heterocycles. The molecule has 1 aliphatic rings. The first-order chi connectivity index (χ1) is 11.0. The van der Waals surface area contributed by atoms with Crippen molar-refractivity contribution in [3.63, 3.8) is 0 Å². The zero-order valence-electron chi connectivity index (χ0n) is 13.3. The summed E-state index contributed by atoms with van der Waals surface area (Å²) >= 11 is 0. The minimum atomic E-state index is -1.05. The van der Waals surface area contributed by atoms with Gasteiger partial charge in [-0.1, -0.05) is 0 Å². The van der Waals surface area contributed by atoms with Crippen molar-refractivity contribution >= 4 is 11.9 Å². The molecule has 1 fully saturated rings. The summed E-state index contributed by atoms with van der Waals surface area (Å²) in [7, 11) is 3.07. The minimum Gasteiger partial charge on any atom is -0.497 e. The second kappa shape index (κ2) is 7.82. The van der Waals surface area contributed by atoms with Gasteiger partial charge in [0.2, 0.25) is 5.91 Å². The first kappa shape index (κ1) is 17.1. The average molecular weight is 323 g/mol. The minimum absolute atomic E-state index is 0.176. The molecule has 0 radical (unpaired) electrons. The number of hydrogen-bond donors (Lipinski definition) is 1. The number of carboxylic acids is 1. The van der Waals surface area contributed by atoms with Gasteiger partial charge in [0.05, 0.1) is 26.7 Å². The highest BCUT2D eigenvalue weighted by molar-refractivity contribution is 5.83. The fourth-order valence-corrected chi connectivity index (χ4v) is 2.54. The first-order valence-electron chi connectivity index (χ1n) is 7.33. The van der Waals surface area contributed by atoms with Crippen molar-refractivity contribution in [3.8, 4) is 11.5 Å². The van der Waals surface area contributed by atoms with Gasteiger partial charge in [-0.15, -0.1) is 0 Å². The van der Waals surface area contributed by atoms with E-state index in [2.05, 4.69) is 0 Å². The summed E-state index contributed by atoms with van der Waals surface area (Å²) in [4.78, 5) is 24.9. The van der Waals surface area contributed by atoms with Crippen LogP contribution in [0.25, 0.3) is 0 Å². The van der Waals surface area contributed by atoms with Crippen molar-refractivity contribution in [2.45, 2.75) is 13.0 Å². The maximum Gasteiger partial charge on any atom is 0.323 e. The number of rotatable bonds is 7. The standard InChI is InChI=1S/C16H21NO6/c1-21-13-5-11(6-14(7-13)22-2)8-17(9-15(18)19)16(20)12-3-4-23-10-12/h5-7,12H,3-4,8-10H2,1-2H3,(H,18,19). The second-order valence-corrected chi connectivity index (χ2v) is 5.37. The smallest absolute Gasteiger partial charge is 0.323 e. The molecular formula is C16H21NO6. The third-order valence-electron chi connectivity index (χ3n) is 3.70. The molecule has 126 valence electrons. The molecule has 1 atom stereocenters. The molecule has 1 aromatic carbocycles. The molecule has 23 heavy (non-hydrogen) atoms. The normalized spacial score (nSPS) is 16.9. The van der Waals surface area contributed by atoms with Gasteiger partial charge in [0, 0.05) is 19.2 Å². The van der Waals surface area contributed by atoms with E-state index in [9.17, 15) is 9.59 Å². The molecule has 0 aromatic heterocycles. The molecule has 0 saturated carbocycles. The first-order valence-corrected chi connectivity index (χ1v) is 7.33. The van der Waals surface area contributed by atoms with E-state index in [-0.39, 0.29) is 24.9 Å². The maximum absolute atomic E-state index is 12.5. The van der Waals surface area contributed by atoms with Gasteiger partial charge in [0.1, 0.15) is 18.0 Å². The Balaban J connectivity index is 2.19. The summed E-state index contributed by atoms with van der Waals surface area (Å²) in [5, 5.41) is 9.08. The number of hydrogen-bond acceptors (Lipinski definition) is 5. The Morgan fingerprint density at radius 2 is 1.91 bits per heavy atom. The van der Waals surface area contributed by atoms with Crippen LogP contribution in [-0.2, 0) is 20.9 Å². The van der Waals surface area contributed by atoms with Gasteiger partial charge >= 0.3 is 5.97 Å². The lowest BCUT2D eigenvalue weighted by Gasteiger charge is -2.24. The van der Waals surface area contributed by atoms with Crippen LogP contribution in [0, 0.1) is 5.92 Å². The van der Waals surface area contributed by atoms with Crippen LogP contribution in [0.5, 0.6) is 11.5 Å². The highest BCUT2D eigenvalue weighted by Gasteiger charge is 2.29. The quantitative estimate of drug-likeness (QED) is 0.810. The van der Waals surface area contributed by atoms with E-state index < -0.39 is 5.97 Å². The second-order valence-electron chi connectivity index (χ2n) is 5.37. The highest BCUT2D eigenvalue weighted by atomic mass is 16.5. The molecule has 1 amide bonds. The lowest BCUT2D eigenvalue weighted by molar-refractivity contribution is -0.146. The molecule has 1 N–H and O–H groups in total. The van der Waals surface area contributed by atoms with E-state index in [1.54, 1.807) is 18.2 Å². The predicted octanol–water partition coefficient (Wildman–Crippen LogP) is 1.15. The fourth-order valence-electron chi connectivity index (χ4n) is 2.54. The van der Waals surface area contributed by atoms with E-state index in [1.165, 1.54) is 19.1 Å². The van der Waals surface area contributed by atoms with Crippen LogP contribution in [0.3, 0.4) is 0 Å². The lowest BCUT2D eigenvalue weighted by atomic mass is 10.1. The summed E-state index contributed by atoms with van der Waals surface area (Å²) in [5.74, 6) is -0.349. The van der Waals surface area contributed by atoms with Crippen LogP contribution >= 0.6 is 0 Å². The summed E-state index contributed by atoms with van der Waals surface area (Å²) < 4.78 is 15.6. The zero-order chi connectivity index (χ0) is 16.8. The molecule has 0 aliphatic carbocycles. The Hall–Kier alpha value is -2.28. The third-order valence-corrected chi connectivity index (χ3v) is 3.70. The van der Waals surface area contributed by atoms with Crippen molar-refractivity contribution in [2.24, 2.45) is 5.92 Å². The van der Waals surface area contributed by atoms with Crippen LogP contribution in [0.1, 0.15) is 12.0 Å². The van der Waals surface area contributed by atoms with Crippen LogP contribution in [0.4, 0.5) is 0 Å². The van der Waals surface area contributed by atoms with Crippen LogP contribution < -0.4 is 9.47 Å². The number of methoxy groups -OCH3 is 2. The third kappa shape index (κ3) is 4.59. The van der Waals surface area contributed by atoms with E-state index in [4.69, 9.17) is 19.3 Å². The monoisotopic (exact) mass is 323 g/mol. The van der Waals surface area contributed by atoms with Gasteiger partial charge in [-0.05, 0) is 24.1 Å². The van der Waals surface area contributed by atoms with Gasteiger partial charge in [0.25, 0.3) is 0 Å². The number of carbonyl (C=O) groups excluding carboxylic acids is 1. The molecular weight excluding hydrogens is 302 g/mol. The van der Waals surface area contributed by atoms with Crippen molar-refractivity contribution in [1.82, 2.24) is 4.90 Å². The van der Waals surface area contributed by atoms with Gasteiger partial charge in [-0.2, -0.15) is 0 Å². The van der Waals surface area contributed by atoms with Crippen molar-refractivity contribution in [3.05, 3.63) is 23.8 Å². The number of aliphatic carboxylic acids is 1. The van der Waals surface area contributed by atoms with Crippen LogP contribution in [-0.4, -0.2) is 55.9 Å². The molecule has 7 heteroatoms. The summed E-state index contributed by atoms with van der Waals surface area (Å²) in [6.07, 6.45) is 0.621. The molecule has 1 aromatic rings. The molecule has 7 nitrogen and oxygen atoms in total. The van der Waals surface area contributed by atoms with E-state index >= 15 is 0 Å². The van der Waals surface area contributed by atoms with Gasteiger partial charge in [0.15, 0.2) is 0 Å². The highest BCUT2D eigenvalue weighted by Crippen LogP contribution is 2.24. The summed E-state index contributed by atoms with van der Waals surface area (Å²) in [5.41, 5.74) is 0.745. The summed E-state index contributed by atoms with van der Waals surface area (Å²) in [6.45, 7) is 0.699. The van der Waals surface area contributed by atoms with Crippen LogP contribution in [0.2, 0.25) is 0 Å². The Labute approximate surface area is 134 Å². The zero-order valence-corrected chi connectivity index (χ0v) is 13.3. The Morgan fingerprint density at radius 1 is 1.26 bits per heavy atom. The van der Waals surface area contributed by atoms with Crippen molar-refractivity contribution < 1.29 is 28.9 Å². The number of nitrogens with zero attached hydrogens (tertiary/aromatic N) is 1. The maximum atomic E-state index is 12.5. The molecule has 1 aliphatic heterocycles. The van der Waals surface area contributed by atoms with E-state index in [1.807, 2.05) is 0 Å². The van der Waals surface area contributed by atoms with Gasteiger partial charge in [-0.25, -0.2) is 0 Å². The molecule has 1 saturated heterocycles. The SMILES string of the molecule is COc1cc(CN(CC(=O)O)C(=O)C2CCOC2)cc(OC)c1. The number of benzene rings is 1. The van der Waals surface area contributed by atoms with E-state index in [0.717, 1.165) is 5.56 Å².